The minimum atomic E-state index is -0.722. The van der Waals surface area contributed by atoms with Crippen molar-refractivity contribution in [3.05, 3.63) is 30.6 Å². The van der Waals surface area contributed by atoms with Crippen molar-refractivity contribution in [3.8, 4) is 11.4 Å². The molecule has 9 nitrogen and oxygen atoms in total. The van der Waals surface area contributed by atoms with Gasteiger partial charge in [0.05, 0.1) is 5.69 Å². The van der Waals surface area contributed by atoms with Crippen LogP contribution in [0.2, 0.25) is 0 Å². The number of aromatic nitrogens is 4. The molecular weight excluding hydrogens is 348 g/mol. The molecule has 1 aliphatic heterocycles. The molecule has 1 fully saturated rings. The Morgan fingerprint density at radius 2 is 1.81 bits per heavy atom. The van der Waals surface area contributed by atoms with Crippen molar-refractivity contribution in [3.63, 3.8) is 0 Å². The lowest BCUT2D eigenvalue weighted by molar-refractivity contribution is -0.138. The van der Waals surface area contributed by atoms with Crippen LogP contribution in [0.25, 0.3) is 5.69 Å². The molecule has 0 radical (unpaired) electrons. The Balaban J connectivity index is 1.51. The molecule has 1 saturated heterocycles. The maximum absolute atomic E-state index is 12.4. The summed E-state index contributed by atoms with van der Waals surface area (Å²) in [5, 5.41) is 13.7. The number of nitrogens with zero attached hydrogens (tertiary/aromatic N) is 5. The van der Waals surface area contributed by atoms with Crippen LogP contribution in [0.3, 0.4) is 0 Å². The number of hydrogen-bond donors (Lipinski definition) is 1. The van der Waals surface area contributed by atoms with Crippen molar-refractivity contribution < 1.29 is 14.3 Å². The maximum atomic E-state index is 12.4. The highest BCUT2D eigenvalue weighted by Crippen LogP contribution is 2.16. The summed E-state index contributed by atoms with van der Waals surface area (Å²) in [5.41, 5.74) is 0.783. The maximum Gasteiger partial charge on any atom is 0.261 e. The van der Waals surface area contributed by atoms with E-state index < -0.39 is 12.1 Å². The smallest absolute Gasteiger partial charge is 0.261 e. The standard InChI is InChI=1S/C18H24N6O3/c1-13(18(26)23-10-4-3-5-11-23)20-17(25)14(2)27-16-8-6-15(7-9-16)24-12-19-21-22-24/h6-9,12-14H,3-5,10-11H2,1-2H3,(H,20,25). The van der Waals surface area contributed by atoms with Gasteiger partial charge < -0.3 is 15.0 Å². The van der Waals surface area contributed by atoms with Crippen molar-refractivity contribution in [1.29, 1.82) is 0 Å². The van der Waals surface area contributed by atoms with Crippen LogP contribution in [0.1, 0.15) is 33.1 Å². The highest BCUT2D eigenvalue weighted by atomic mass is 16.5. The second-order valence-corrected chi connectivity index (χ2v) is 6.62. The molecule has 0 bridgehead atoms. The first-order valence-electron chi connectivity index (χ1n) is 9.14. The van der Waals surface area contributed by atoms with Crippen LogP contribution in [0.5, 0.6) is 5.75 Å². The molecule has 0 spiro atoms. The molecule has 144 valence electrons. The number of carbonyl (C=O) groups is 2. The van der Waals surface area contributed by atoms with Gasteiger partial charge in [0.2, 0.25) is 5.91 Å². The van der Waals surface area contributed by atoms with Crippen LogP contribution in [-0.2, 0) is 9.59 Å². The van der Waals surface area contributed by atoms with Crippen molar-refractivity contribution >= 4 is 11.8 Å². The quantitative estimate of drug-likeness (QED) is 0.810. The first-order chi connectivity index (χ1) is 13.0. The molecule has 2 amide bonds. The monoisotopic (exact) mass is 372 g/mol. The van der Waals surface area contributed by atoms with E-state index in [1.165, 1.54) is 11.0 Å². The Labute approximate surface area is 157 Å². The van der Waals surface area contributed by atoms with Crippen LogP contribution < -0.4 is 10.1 Å². The van der Waals surface area contributed by atoms with Gasteiger partial charge in [-0.15, -0.1) is 5.10 Å². The van der Waals surface area contributed by atoms with Gasteiger partial charge in [0.25, 0.3) is 5.91 Å². The molecule has 2 atom stereocenters. The molecule has 2 heterocycles. The minimum Gasteiger partial charge on any atom is -0.481 e. The number of carbonyl (C=O) groups excluding carboxylic acids is 2. The lowest BCUT2D eigenvalue weighted by atomic mass is 10.1. The van der Waals surface area contributed by atoms with Crippen LogP contribution in [0, 0.1) is 0 Å². The molecule has 1 aromatic heterocycles. The third kappa shape index (κ3) is 4.81. The number of benzene rings is 1. The van der Waals surface area contributed by atoms with Crippen molar-refractivity contribution in [2.75, 3.05) is 13.1 Å². The summed E-state index contributed by atoms with van der Waals surface area (Å²) in [6.07, 6.45) is 3.97. The zero-order valence-corrected chi connectivity index (χ0v) is 15.5. The van der Waals surface area contributed by atoms with Gasteiger partial charge in [-0.2, -0.15) is 0 Å². The molecule has 9 heteroatoms. The third-order valence-corrected chi connectivity index (χ3v) is 4.53. The Hall–Kier alpha value is -2.97. The number of nitrogens with one attached hydrogen (secondary N) is 1. The molecule has 1 N–H and O–H groups in total. The van der Waals surface area contributed by atoms with Gasteiger partial charge in [-0.05, 0) is 67.8 Å². The third-order valence-electron chi connectivity index (χ3n) is 4.53. The normalized spacial score (nSPS) is 16.4. The van der Waals surface area contributed by atoms with Crippen LogP contribution >= 0.6 is 0 Å². The predicted molar refractivity (Wildman–Crippen MR) is 97.3 cm³/mol. The lowest BCUT2D eigenvalue weighted by Crippen LogP contribution is -2.51. The lowest BCUT2D eigenvalue weighted by Gasteiger charge is -2.29. The SMILES string of the molecule is CC(NC(=O)C(C)Oc1ccc(-n2cnnn2)cc1)C(=O)N1CCCCC1. The fraction of sp³-hybridized carbons (Fsp3) is 0.500. The van der Waals surface area contributed by atoms with E-state index in [4.69, 9.17) is 4.74 Å². The highest BCUT2D eigenvalue weighted by Gasteiger charge is 2.25. The van der Waals surface area contributed by atoms with E-state index in [2.05, 4.69) is 20.8 Å². The van der Waals surface area contributed by atoms with E-state index in [0.29, 0.717) is 5.75 Å². The number of hydrogen-bond acceptors (Lipinski definition) is 6. The number of amides is 2. The molecule has 3 rings (SSSR count). The first kappa shape index (κ1) is 18.8. The zero-order chi connectivity index (χ0) is 19.2. The van der Waals surface area contributed by atoms with Crippen molar-refractivity contribution in [2.24, 2.45) is 0 Å². The molecule has 2 unspecified atom stereocenters. The average Bonchev–Trinajstić information content (AvgIpc) is 3.23. The predicted octanol–water partition coefficient (Wildman–Crippen LogP) is 0.947. The van der Waals surface area contributed by atoms with Crippen LogP contribution in [0.4, 0.5) is 0 Å². The van der Waals surface area contributed by atoms with Gasteiger partial charge in [-0.3, -0.25) is 9.59 Å². The van der Waals surface area contributed by atoms with E-state index in [9.17, 15) is 9.59 Å². The first-order valence-corrected chi connectivity index (χ1v) is 9.14. The number of ether oxygens (including phenoxy) is 1. The Kier molecular flexibility index (Phi) is 6.00. The second kappa shape index (κ2) is 8.61. The molecule has 1 aromatic carbocycles. The molecule has 27 heavy (non-hydrogen) atoms. The summed E-state index contributed by atoms with van der Waals surface area (Å²) in [6, 6.07) is 6.49. The zero-order valence-electron chi connectivity index (χ0n) is 15.5. The average molecular weight is 372 g/mol. The van der Waals surface area contributed by atoms with Gasteiger partial charge in [0.15, 0.2) is 6.10 Å². The molecular formula is C18H24N6O3. The van der Waals surface area contributed by atoms with E-state index in [1.807, 2.05) is 4.90 Å². The molecule has 0 aliphatic carbocycles. The van der Waals surface area contributed by atoms with Gasteiger partial charge >= 0.3 is 0 Å². The summed E-state index contributed by atoms with van der Waals surface area (Å²) in [5.74, 6) is 0.183. The highest BCUT2D eigenvalue weighted by molar-refractivity contribution is 5.89. The van der Waals surface area contributed by atoms with Gasteiger partial charge in [0, 0.05) is 13.1 Å². The fourth-order valence-corrected chi connectivity index (χ4v) is 3.00. The Bertz CT molecular complexity index is 756. The van der Waals surface area contributed by atoms with Crippen LogP contribution in [0.15, 0.2) is 30.6 Å². The van der Waals surface area contributed by atoms with E-state index >= 15 is 0 Å². The summed E-state index contributed by atoms with van der Waals surface area (Å²) >= 11 is 0. The summed E-state index contributed by atoms with van der Waals surface area (Å²) in [4.78, 5) is 26.6. The summed E-state index contributed by atoms with van der Waals surface area (Å²) in [6.45, 7) is 4.89. The molecule has 2 aromatic rings. The van der Waals surface area contributed by atoms with E-state index in [0.717, 1.165) is 38.0 Å². The fourth-order valence-electron chi connectivity index (χ4n) is 3.00. The topological polar surface area (TPSA) is 102 Å². The van der Waals surface area contributed by atoms with Crippen molar-refractivity contribution in [2.45, 2.75) is 45.3 Å². The molecule has 1 aliphatic rings. The number of likely N-dealkylation sites (tertiary alicyclic amines) is 1. The van der Waals surface area contributed by atoms with Crippen LogP contribution in [-0.4, -0.2) is 62.2 Å². The van der Waals surface area contributed by atoms with E-state index in [-0.39, 0.29) is 11.8 Å². The van der Waals surface area contributed by atoms with Crippen molar-refractivity contribution in [1.82, 2.24) is 30.4 Å². The summed E-state index contributed by atoms with van der Waals surface area (Å²) in [7, 11) is 0. The number of tetrazole rings is 1. The Morgan fingerprint density at radius 1 is 1.11 bits per heavy atom. The molecule has 0 saturated carbocycles. The second-order valence-electron chi connectivity index (χ2n) is 6.62. The largest absolute Gasteiger partial charge is 0.481 e. The number of rotatable bonds is 6. The van der Waals surface area contributed by atoms with Gasteiger partial charge in [-0.1, -0.05) is 0 Å². The van der Waals surface area contributed by atoms with Gasteiger partial charge in [0.1, 0.15) is 18.1 Å². The van der Waals surface area contributed by atoms with E-state index in [1.54, 1.807) is 38.1 Å². The summed E-state index contributed by atoms with van der Waals surface area (Å²) < 4.78 is 7.20. The van der Waals surface area contributed by atoms with Gasteiger partial charge in [-0.25, -0.2) is 4.68 Å². The minimum absolute atomic E-state index is 0.0407. The number of piperidine rings is 1. The Morgan fingerprint density at radius 3 is 2.44 bits per heavy atom.